The van der Waals surface area contributed by atoms with E-state index in [4.69, 9.17) is 0 Å². The molecule has 0 N–H and O–H groups in total. The molecule has 0 heterocycles. The number of carbonyl (C=O) groups is 1. The van der Waals surface area contributed by atoms with Crippen LogP contribution in [0.2, 0.25) is 0 Å². The molecule has 0 saturated heterocycles. The van der Waals surface area contributed by atoms with Crippen LogP contribution in [0.4, 0.5) is 8.78 Å². The summed E-state index contributed by atoms with van der Waals surface area (Å²) in [6, 6.07) is 6.21. The number of methoxy groups -OCH3 is 1. The summed E-state index contributed by atoms with van der Waals surface area (Å²) in [5, 5.41) is 0.788. The lowest BCUT2D eigenvalue weighted by molar-refractivity contribution is 0.0596. The number of carbonyl (C=O) groups excluding carboxylic acids is 1. The summed E-state index contributed by atoms with van der Waals surface area (Å²) >= 11 is 0. The largest absolute Gasteiger partial charge is 0.465 e. The second-order valence-electron chi connectivity index (χ2n) is 10.1. The summed E-state index contributed by atoms with van der Waals surface area (Å²) in [6.45, 7) is 2.26. The van der Waals surface area contributed by atoms with Crippen molar-refractivity contribution in [1.82, 2.24) is 0 Å². The quantitative estimate of drug-likeness (QED) is 0.319. The number of esters is 1. The van der Waals surface area contributed by atoms with Gasteiger partial charge in [0, 0.05) is 5.39 Å². The molecule has 2 aromatic carbocycles. The van der Waals surface area contributed by atoms with Gasteiger partial charge in [-0.15, -0.1) is 0 Å². The standard InChI is InChI=1S/C28H36F2O2/c1-3-4-5-6-7-18-8-9-20-15-21(11-10-19(20)14-18)24-16-22-12-13-23(28(31)32-2)27(30)25(22)17-26(24)29/h12-13,16-21H,3-11,14-15H2,1-2H3/t18?,19-,20+,21?/m0/s1. The van der Waals surface area contributed by atoms with Crippen LogP contribution in [0.3, 0.4) is 0 Å². The van der Waals surface area contributed by atoms with Crippen LogP contribution < -0.4 is 0 Å². The zero-order valence-corrected chi connectivity index (χ0v) is 19.5. The van der Waals surface area contributed by atoms with Crippen LogP contribution in [0.1, 0.15) is 99.4 Å². The van der Waals surface area contributed by atoms with Crippen molar-refractivity contribution in [2.24, 2.45) is 17.8 Å². The first-order chi connectivity index (χ1) is 15.5. The highest BCUT2D eigenvalue weighted by Gasteiger charge is 2.36. The zero-order valence-electron chi connectivity index (χ0n) is 19.5. The number of hydrogen-bond donors (Lipinski definition) is 0. The highest BCUT2D eigenvalue weighted by Crippen LogP contribution is 2.49. The second kappa shape index (κ2) is 10.3. The smallest absolute Gasteiger partial charge is 0.340 e. The van der Waals surface area contributed by atoms with Gasteiger partial charge >= 0.3 is 5.97 Å². The fraction of sp³-hybridized carbons (Fsp3) is 0.607. The average Bonchev–Trinajstić information content (AvgIpc) is 2.81. The van der Waals surface area contributed by atoms with E-state index in [1.54, 1.807) is 12.1 Å². The molecule has 0 spiro atoms. The van der Waals surface area contributed by atoms with Crippen molar-refractivity contribution in [2.45, 2.75) is 83.5 Å². The molecule has 0 aliphatic heterocycles. The molecular formula is C28H36F2O2. The maximum Gasteiger partial charge on any atom is 0.340 e. The minimum Gasteiger partial charge on any atom is -0.465 e. The lowest BCUT2D eigenvalue weighted by Crippen LogP contribution is -2.30. The summed E-state index contributed by atoms with van der Waals surface area (Å²) in [5.74, 6) is 0.758. The SMILES string of the molecule is CCCCCCC1CC[C@@H]2CC(c3cc4ccc(C(=O)OC)c(F)c4cc3F)CC[C@H]2C1. The van der Waals surface area contributed by atoms with Crippen molar-refractivity contribution in [3.63, 3.8) is 0 Å². The van der Waals surface area contributed by atoms with E-state index in [0.717, 1.165) is 24.7 Å². The molecule has 32 heavy (non-hydrogen) atoms. The molecule has 4 atom stereocenters. The molecule has 2 unspecified atom stereocenters. The topological polar surface area (TPSA) is 26.3 Å². The summed E-state index contributed by atoms with van der Waals surface area (Å²) in [7, 11) is 1.21. The van der Waals surface area contributed by atoms with E-state index in [1.165, 1.54) is 77.0 Å². The average molecular weight is 443 g/mol. The molecule has 0 aromatic heterocycles. The molecule has 2 aromatic rings. The highest BCUT2D eigenvalue weighted by molar-refractivity contribution is 5.96. The number of rotatable bonds is 7. The number of halogens is 2. The van der Waals surface area contributed by atoms with E-state index in [1.807, 2.05) is 0 Å². The lowest BCUT2D eigenvalue weighted by Gasteiger charge is -2.42. The van der Waals surface area contributed by atoms with Crippen LogP contribution >= 0.6 is 0 Å². The molecular weight excluding hydrogens is 406 g/mol. The molecule has 2 aliphatic carbocycles. The van der Waals surface area contributed by atoms with Crippen LogP contribution in [0.25, 0.3) is 10.8 Å². The summed E-state index contributed by atoms with van der Waals surface area (Å²) < 4.78 is 34.5. The minimum absolute atomic E-state index is 0.145. The van der Waals surface area contributed by atoms with Crippen LogP contribution in [0, 0.1) is 29.4 Å². The van der Waals surface area contributed by atoms with Gasteiger partial charge in [-0.1, -0.05) is 51.5 Å². The summed E-state index contributed by atoms with van der Waals surface area (Å²) in [4.78, 5) is 11.8. The minimum atomic E-state index is -0.742. The molecule has 4 heteroatoms. The van der Waals surface area contributed by atoms with Gasteiger partial charge in [0.2, 0.25) is 0 Å². The van der Waals surface area contributed by atoms with Gasteiger partial charge in [0.1, 0.15) is 11.6 Å². The Hall–Kier alpha value is -1.97. The van der Waals surface area contributed by atoms with Gasteiger partial charge in [-0.2, -0.15) is 0 Å². The molecule has 174 valence electrons. The molecule has 2 saturated carbocycles. The molecule has 2 aliphatic rings. The second-order valence-corrected chi connectivity index (χ2v) is 10.1. The summed E-state index contributed by atoms with van der Waals surface area (Å²) in [6.07, 6.45) is 13.9. The predicted octanol–water partition coefficient (Wildman–Crippen LogP) is 8.18. The van der Waals surface area contributed by atoms with Crippen molar-refractivity contribution in [3.05, 3.63) is 47.0 Å². The van der Waals surface area contributed by atoms with E-state index >= 15 is 4.39 Å². The fourth-order valence-corrected chi connectivity index (χ4v) is 6.30. The fourth-order valence-electron chi connectivity index (χ4n) is 6.30. The number of fused-ring (bicyclic) bond motifs is 2. The van der Waals surface area contributed by atoms with Crippen LogP contribution in [0.15, 0.2) is 24.3 Å². The van der Waals surface area contributed by atoms with Gasteiger partial charge in [0.05, 0.1) is 12.7 Å². The van der Waals surface area contributed by atoms with Crippen LogP contribution in [0.5, 0.6) is 0 Å². The number of ether oxygens (including phenoxy) is 1. The monoisotopic (exact) mass is 442 g/mol. The lowest BCUT2D eigenvalue weighted by atomic mass is 9.63. The van der Waals surface area contributed by atoms with E-state index in [9.17, 15) is 9.18 Å². The van der Waals surface area contributed by atoms with Gasteiger partial charge in [-0.25, -0.2) is 13.6 Å². The van der Waals surface area contributed by atoms with Crippen LogP contribution in [-0.2, 0) is 4.74 Å². The van der Waals surface area contributed by atoms with Crippen molar-refractivity contribution >= 4 is 16.7 Å². The van der Waals surface area contributed by atoms with E-state index in [2.05, 4.69) is 11.7 Å². The molecule has 0 radical (unpaired) electrons. The van der Waals surface area contributed by atoms with Crippen molar-refractivity contribution in [3.8, 4) is 0 Å². The maximum atomic E-state index is 15.1. The number of benzene rings is 2. The van der Waals surface area contributed by atoms with Gasteiger partial charge in [-0.05, 0) is 84.9 Å². The van der Waals surface area contributed by atoms with Crippen LogP contribution in [-0.4, -0.2) is 13.1 Å². The van der Waals surface area contributed by atoms with Crippen molar-refractivity contribution in [1.29, 1.82) is 0 Å². The Kier molecular flexibility index (Phi) is 7.48. The third kappa shape index (κ3) is 4.84. The molecule has 0 amide bonds. The number of unbranched alkanes of at least 4 members (excludes halogenated alkanes) is 3. The molecule has 2 fully saturated rings. The molecule has 4 rings (SSSR count). The Morgan fingerprint density at radius 2 is 1.78 bits per heavy atom. The van der Waals surface area contributed by atoms with E-state index in [0.29, 0.717) is 16.9 Å². The van der Waals surface area contributed by atoms with Gasteiger partial charge in [0.25, 0.3) is 0 Å². The Morgan fingerprint density at radius 1 is 1.00 bits per heavy atom. The predicted molar refractivity (Wildman–Crippen MR) is 125 cm³/mol. The van der Waals surface area contributed by atoms with Gasteiger partial charge in [0.15, 0.2) is 0 Å². The third-order valence-corrected chi connectivity index (χ3v) is 8.10. The molecule has 0 bridgehead atoms. The van der Waals surface area contributed by atoms with E-state index < -0.39 is 11.8 Å². The Labute approximate surface area is 190 Å². The zero-order chi connectivity index (χ0) is 22.7. The first-order valence-corrected chi connectivity index (χ1v) is 12.5. The first-order valence-electron chi connectivity index (χ1n) is 12.5. The highest BCUT2D eigenvalue weighted by atomic mass is 19.1. The maximum absolute atomic E-state index is 15.1. The third-order valence-electron chi connectivity index (χ3n) is 8.10. The van der Waals surface area contributed by atoms with E-state index in [-0.39, 0.29) is 22.7 Å². The Balaban J connectivity index is 1.45. The Morgan fingerprint density at radius 3 is 2.56 bits per heavy atom. The number of hydrogen-bond acceptors (Lipinski definition) is 2. The van der Waals surface area contributed by atoms with Gasteiger partial charge in [-0.3, -0.25) is 0 Å². The Bertz CT molecular complexity index is 954. The van der Waals surface area contributed by atoms with Crippen molar-refractivity contribution in [2.75, 3.05) is 7.11 Å². The molecule has 2 nitrogen and oxygen atoms in total. The first kappa shape index (κ1) is 23.2. The van der Waals surface area contributed by atoms with Crippen molar-refractivity contribution < 1.29 is 18.3 Å². The van der Waals surface area contributed by atoms with Gasteiger partial charge < -0.3 is 4.74 Å². The normalized spacial score (nSPS) is 25.5. The summed E-state index contributed by atoms with van der Waals surface area (Å²) in [5.41, 5.74) is 0.557.